The topological polar surface area (TPSA) is 107 Å². The van der Waals surface area contributed by atoms with Gasteiger partial charge in [-0.1, -0.05) is 25.6 Å². The number of thioether (sulfide) groups is 1. The fourth-order valence-corrected chi connectivity index (χ4v) is 5.99. The number of nitrogens with zero attached hydrogens (tertiary/aromatic N) is 4. The van der Waals surface area contributed by atoms with Crippen molar-refractivity contribution in [3.8, 4) is 0 Å². The van der Waals surface area contributed by atoms with E-state index in [2.05, 4.69) is 31.2 Å². The standard InChI is InChI=1S/C20H28N6O2S2/c1-11(2)5-14-7-15(25-26(14)4)17(27)22-16-9-29-18(23-16)20-10-28-12(3)6-13(20)8-30-19(21)24-20/h7,9,11-13H,5-6,8,10H2,1-4H3,(H2,21,24)(H,22,27)/t12-,13-,20-/m0/s1. The zero-order valence-corrected chi connectivity index (χ0v) is 19.3. The number of fused-ring (bicyclic) bond motifs is 1. The Morgan fingerprint density at radius 1 is 1.50 bits per heavy atom. The molecular formula is C20H28N6O2S2. The lowest BCUT2D eigenvalue weighted by Gasteiger charge is -2.44. The maximum Gasteiger partial charge on any atom is 0.277 e. The van der Waals surface area contributed by atoms with Crippen LogP contribution in [0, 0.1) is 11.8 Å². The molecule has 4 rings (SSSR count). The molecule has 0 saturated carbocycles. The Morgan fingerprint density at radius 2 is 2.30 bits per heavy atom. The minimum Gasteiger partial charge on any atom is -0.379 e. The van der Waals surface area contributed by atoms with Gasteiger partial charge in [0.2, 0.25) is 0 Å². The van der Waals surface area contributed by atoms with Gasteiger partial charge in [0.25, 0.3) is 5.91 Å². The third-order valence-electron chi connectivity index (χ3n) is 5.56. The van der Waals surface area contributed by atoms with E-state index in [1.807, 2.05) is 18.5 Å². The first kappa shape index (κ1) is 21.3. The summed E-state index contributed by atoms with van der Waals surface area (Å²) in [6.07, 6.45) is 1.98. The molecule has 0 radical (unpaired) electrons. The SMILES string of the molecule is CC(C)Cc1cc(C(=O)Nc2csc([C@]34CO[C@@H](C)C[C@H]3CSC(N)=N4)n2)nn1C. The molecule has 162 valence electrons. The normalized spacial score (nSPS) is 26.4. The molecule has 3 N–H and O–H groups in total. The number of nitrogens with two attached hydrogens (primary N) is 1. The first-order valence-electron chi connectivity index (χ1n) is 10.2. The predicted octanol–water partition coefficient (Wildman–Crippen LogP) is 3.01. The van der Waals surface area contributed by atoms with Crippen molar-refractivity contribution in [3.63, 3.8) is 0 Å². The number of hydrogen-bond acceptors (Lipinski definition) is 8. The third-order valence-corrected chi connectivity index (χ3v) is 7.53. The van der Waals surface area contributed by atoms with Crippen LogP contribution in [0.3, 0.4) is 0 Å². The fraction of sp³-hybridized carbons (Fsp3) is 0.600. The third kappa shape index (κ3) is 4.13. The molecule has 0 spiro atoms. The molecule has 10 heteroatoms. The highest BCUT2D eigenvalue weighted by Crippen LogP contribution is 2.47. The summed E-state index contributed by atoms with van der Waals surface area (Å²) in [7, 11) is 1.86. The van der Waals surface area contributed by atoms with E-state index in [4.69, 9.17) is 20.4 Å². The van der Waals surface area contributed by atoms with Crippen LogP contribution in [0.15, 0.2) is 16.4 Å². The van der Waals surface area contributed by atoms with Crippen molar-refractivity contribution >= 4 is 40.0 Å². The summed E-state index contributed by atoms with van der Waals surface area (Å²) in [6.45, 7) is 6.83. The molecule has 0 aromatic carbocycles. The molecule has 4 heterocycles. The largest absolute Gasteiger partial charge is 0.379 e. The van der Waals surface area contributed by atoms with E-state index < -0.39 is 5.54 Å². The van der Waals surface area contributed by atoms with E-state index in [0.29, 0.717) is 35.1 Å². The summed E-state index contributed by atoms with van der Waals surface area (Å²) in [5.74, 6) is 1.95. The smallest absolute Gasteiger partial charge is 0.277 e. The van der Waals surface area contributed by atoms with Gasteiger partial charge in [-0.05, 0) is 31.7 Å². The highest BCUT2D eigenvalue weighted by molar-refractivity contribution is 8.13. The van der Waals surface area contributed by atoms with Crippen molar-refractivity contribution < 1.29 is 9.53 Å². The Labute approximate surface area is 184 Å². The number of carbonyl (C=O) groups is 1. The van der Waals surface area contributed by atoms with E-state index in [1.54, 1.807) is 16.4 Å². The molecular weight excluding hydrogens is 420 g/mol. The number of nitrogens with one attached hydrogen (secondary N) is 1. The number of amidine groups is 1. The van der Waals surface area contributed by atoms with E-state index in [0.717, 1.165) is 29.3 Å². The first-order valence-corrected chi connectivity index (χ1v) is 12.0. The van der Waals surface area contributed by atoms with Gasteiger partial charge >= 0.3 is 0 Å². The summed E-state index contributed by atoms with van der Waals surface area (Å²) in [6, 6.07) is 1.84. The lowest BCUT2D eigenvalue weighted by molar-refractivity contribution is -0.0466. The molecule has 8 nitrogen and oxygen atoms in total. The van der Waals surface area contributed by atoms with Gasteiger partial charge in [0, 0.05) is 29.8 Å². The number of anilines is 1. The Morgan fingerprint density at radius 3 is 3.07 bits per heavy atom. The first-order chi connectivity index (χ1) is 14.3. The number of rotatable bonds is 5. The molecule has 0 unspecified atom stereocenters. The second-order valence-electron chi connectivity index (χ2n) is 8.47. The number of aromatic nitrogens is 3. The van der Waals surface area contributed by atoms with E-state index in [9.17, 15) is 4.79 Å². The van der Waals surface area contributed by atoms with E-state index in [1.165, 1.54) is 11.3 Å². The van der Waals surface area contributed by atoms with Gasteiger partial charge in [0.15, 0.2) is 10.9 Å². The van der Waals surface area contributed by atoms with Gasteiger partial charge in [-0.25, -0.2) is 9.98 Å². The van der Waals surface area contributed by atoms with Crippen LogP contribution in [0.5, 0.6) is 0 Å². The maximum atomic E-state index is 12.7. The minimum atomic E-state index is -0.565. The number of ether oxygens (including phenoxy) is 1. The summed E-state index contributed by atoms with van der Waals surface area (Å²) in [5, 5.41) is 10.5. The average molecular weight is 449 g/mol. The van der Waals surface area contributed by atoms with Crippen LogP contribution in [0.1, 0.15) is 48.4 Å². The number of thiazole rings is 1. The van der Waals surface area contributed by atoms with E-state index in [-0.39, 0.29) is 12.0 Å². The molecule has 1 fully saturated rings. The van der Waals surface area contributed by atoms with Crippen LogP contribution in [0.2, 0.25) is 0 Å². The number of carbonyl (C=O) groups excluding carboxylic acids is 1. The second kappa shape index (κ2) is 8.32. The minimum absolute atomic E-state index is 0.196. The molecule has 2 aliphatic rings. The molecule has 2 aromatic heterocycles. The lowest BCUT2D eigenvalue weighted by Crippen LogP contribution is -2.49. The summed E-state index contributed by atoms with van der Waals surface area (Å²) in [5.41, 5.74) is 6.93. The van der Waals surface area contributed by atoms with Gasteiger partial charge in [-0.2, -0.15) is 5.10 Å². The second-order valence-corrected chi connectivity index (χ2v) is 10.4. The van der Waals surface area contributed by atoms with Gasteiger partial charge in [0.1, 0.15) is 16.4 Å². The molecule has 0 aliphatic carbocycles. The van der Waals surface area contributed by atoms with Crippen molar-refractivity contribution in [2.75, 3.05) is 17.7 Å². The summed E-state index contributed by atoms with van der Waals surface area (Å²) in [4.78, 5) is 22.2. The Balaban J connectivity index is 1.54. The van der Waals surface area contributed by atoms with Crippen LogP contribution in [0.4, 0.5) is 5.82 Å². The van der Waals surface area contributed by atoms with Crippen LogP contribution < -0.4 is 11.1 Å². The van der Waals surface area contributed by atoms with Crippen LogP contribution in [-0.4, -0.2) is 44.3 Å². The van der Waals surface area contributed by atoms with E-state index >= 15 is 0 Å². The highest BCUT2D eigenvalue weighted by atomic mass is 32.2. The molecule has 30 heavy (non-hydrogen) atoms. The molecule has 3 atom stereocenters. The highest BCUT2D eigenvalue weighted by Gasteiger charge is 2.49. The predicted molar refractivity (Wildman–Crippen MR) is 121 cm³/mol. The van der Waals surface area contributed by atoms with Gasteiger partial charge < -0.3 is 15.8 Å². The zero-order valence-electron chi connectivity index (χ0n) is 17.7. The van der Waals surface area contributed by atoms with Gasteiger partial charge in [-0.3, -0.25) is 9.48 Å². The van der Waals surface area contributed by atoms with Crippen molar-refractivity contribution in [3.05, 3.63) is 27.8 Å². The van der Waals surface area contributed by atoms with Gasteiger partial charge in [-0.15, -0.1) is 11.3 Å². The lowest BCUT2D eigenvalue weighted by atomic mass is 9.80. The zero-order chi connectivity index (χ0) is 21.5. The molecule has 2 aromatic rings. The molecule has 1 saturated heterocycles. The van der Waals surface area contributed by atoms with Gasteiger partial charge in [0.05, 0.1) is 12.7 Å². The summed E-state index contributed by atoms with van der Waals surface area (Å²) < 4.78 is 7.72. The Hall–Kier alpha value is -1.91. The number of amides is 1. The van der Waals surface area contributed by atoms with Crippen molar-refractivity contribution in [1.29, 1.82) is 0 Å². The average Bonchev–Trinajstić information content (AvgIpc) is 3.29. The van der Waals surface area contributed by atoms with Crippen molar-refractivity contribution in [2.24, 2.45) is 29.6 Å². The van der Waals surface area contributed by atoms with Crippen LogP contribution in [-0.2, 0) is 23.7 Å². The Kier molecular flexibility index (Phi) is 5.91. The van der Waals surface area contributed by atoms with Crippen molar-refractivity contribution in [2.45, 2.75) is 45.3 Å². The monoisotopic (exact) mass is 448 g/mol. The quantitative estimate of drug-likeness (QED) is 0.728. The summed E-state index contributed by atoms with van der Waals surface area (Å²) >= 11 is 3.08. The molecule has 0 bridgehead atoms. The van der Waals surface area contributed by atoms with Crippen LogP contribution in [0.25, 0.3) is 0 Å². The molecule has 1 amide bonds. The van der Waals surface area contributed by atoms with Crippen LogP contribution >= 0.6 is 23.1 Å². The number of aryl methyl sites for hydroxylation is 1. The Bertz CT molecular complexity index is 968. The fourth-order valence-electron chi connectivity index (χ4n) is 4.02. The van der Waals surface area contributed by atoms with Crippen molar-refractivity contribution in [1.82, 2.24) is 14.8 Å². The maximum absolute atomic E-state index is 12.7. The number of hydrogen-bond donors (Lipinski definition) is 2. The molecule has 2 aliphatic heterocycles. The number of aliphatic imine (C=N–C) groups is 1.